The van der Waals surface area contributed by atoms with Gasteiger partial charge in [0.05, 0.1) is 20.4 Å². The van der Waals surface area contributed by atoms with Crippen molar-refractivity contribution in [1.82, 2.24) is 4.98 Å². The maximum absolute atomic E-state index is 11.6. The molecular weight excluding hydrogens is 377 g/mol. The van der Waals surface area contributed by atoms with Gasteiger partial charge < -0.3 is 9.15 Å². The van der Waals surface area contributed by atoms with Crippen LogP contribution in [0.5, 0.6) is 0 Å². The lowest BCUT2D eigenvalue weighted by Gasteiger charge is -1.93. The molecular formula is C13H8INO3S. The number of ether oxygens (including phenoxy) is 1. The molecule has 0 bridgehead atoms. The molecule has 0 aliphatic heterocycles. The second kappa shape index (κ2) is 4.93. The van der Waals surface area contributed by atoms with Crippen LogP contribution in [0.3, 0.4) is 0 Å². The number of nitrogens with zero attached hydrogens (tertiary/aromatic N) is 1. The second-order valence-electron chi connectivity index (χ2n) is 3.78. The van der Waals surface area contributed by atoms with Crippen LogP contribution in [0, 0.1) is 2.88 Å². The summed E-state index contributed by atoms with van der Waals surface area (Å²) in [6.07, 6.45) is 0. The highest BCUT2D eigenvalue weighted by molar-refractivity contribution is 14.1. The lowest BCUT2D eigenvalue weighted by atomic mass is 10.3. The molecule has 0 unspecified atom stereocenters. The third-order valence-electron chi connectivity index (χ3n) is 2.60. The number of thiophene rings is 1. The van der Waals surface area contributed by atoms with Gasteiger partial charge in [-0.3, -0.25) is 0 Å². The highest BCUT2D eigenvalue weighted by Crippen LogP contribution is 2.33. The van der Waals surface area contributed by atoms with Crippen LogP contribution in [0.1, 0.15) is 10.4 Å². The van der Waals surface area contributed by atoms with Gasteiger partial charge in [-0.05, 0) is 40.8 Å². The van der Waals surface area contributed by atoms with E-state index in [0.29, 0.717) is 11.5 Å². The zero-order valence-electron chi connectivity index (χ0n) is 9.84. The van der Waals surface area contributed by atoms with Crippen LogP contribution in [0.4, 0.5) is 0 Å². The number of oxazole rings is 1. The SMILES string of the molecule is COC(=O)c1cc(-c2nc3ccccc3o2)sc1I. The average molecular weight is 385 g/mol. The topological polar surface area (TPSA) is 52.3 Å². The molecule has 96 valence electrons. The van der Waals surface area contributed by atoms with Crippen molar-refractivity contribution in [2.24, 2.45) is 0 Å². The Morgan fingerprint density at radius 1 is 1.42 bits per heavy atom. The molecule has 3 aromatic rings. The second-order valence-corrected chi connectivity index (χ2v) is 6.64. The van der Waals surface area contributed by atoms with Crippen LogP contribution in [0.25, 0.3) is 21.9 Å². The van der Waals surface area contributed by atoms with Crippen LogP contribution < -0.4 is 0 Å². The standard InChI is InChI=1S/C13H8INO3S/c1-17-13(16)7-6-10(19-11(7)14)12-15-8-4-2-3-5-9(8)18-12/h2-6H,1H3. The Balaban J connectivity index is 2.09. The Labute approximate surface area is 126 Å². The van der Waals surface area contributed by atoms with Gasteiger partial charge in [0.1, 0.15) is 5.52 Å². The summed E-state index contributed by atoms with van der Waals surface area (Å²) >= 11 is 3.57. The van der Waals surface area contributed by atoms with Gasteiger partial charge in [-0.2, -0.15) is 0 Å². The number of hydrogen-bond donors (Lipinski definition) is 0. The number of carbonyl (C=O) groups excluding carboxylic acids is 1. The first-order valence-electron chi connectivity index (χ1n) is 5.42. The van der Waals surface area contributed by atoms with E-state index in [1.54, 1.807) is 6.07 Å². The van der Waals surface area contributed by atoms with Gasteiger partial charge in [-0.15, -0.1) is 11.3 Å². The predicted octanol–water partition coefficient (Wildman–Crippen LogP) is 3.95. The molecule has 1 aromatic carbocycles. The number of carbonyl (C=O) groups is 1. The first kappa shape index (κ1) is 12.6. The fraction of sp³-hybridized carbons (Fsp3) is 0.0769. The van der Waals surface area contributed by atoms with E-state index in [-0.39, 0.29) is 5.97 Å². The summed E-state index contributed by atoms with van der Waals surface area (Å²) in [6, 6.07) is 9.32. The maximum Gasteiger partial charge on any atom is 0.339 e. The van der Waals surface area contributed by atoms with E-state index >= 15 is 0 Å². The van der Waals surface area contributed by atoms with Crippen molar-refractivity contribution in [3.63, 3.8) is 0 Å². The van der Waals surface area contributed by atoms with Gasteiger partial charge in [0, 0.05) is 0 Å². The molecule has 0 amide bonds. The van der Waals surface area contributed by atoms with Gasteiger partial charge in [0.2, 0.25) is 5.89 Å². The Morgan fingerprint density at radius 3 is 2.95 bits per heavy atom. The Morgan fingerprint density at radius 2 is 2.21 bits per heavy atom. The molecule has 0 aliphatic rings. The average Bonchev–Trinajstić information content (AvgIpc) is 3.00. The molecule has 0 saturated carbocycles. The molecule has 2 heterocycles. The number of methoxy groups -OCH3 is 1. The van der Waals surface area contributed by atoms with E-state index in [1.165, 1.54) is 18.4 Å². The van der Waals surface area contributed by atoms with Crippen LogP contribution in [0.15, 0.2) is 34.7 Å². The zero-order valence-corrected chi connectivity index (χ0v) is 12.8. The normalized spacial score (nSPS) is 10.8. The molecule has 0 saturated heterocycles. The fourth-order valence-corrected chi connectivity index (χ4v) is 3.59. The minimum Gasteiger partial charge on any atom is -0.465 e. The van der Waals surface area contributed by atoms with E-state index in [9.17, 15) is 4.79 Å². The molecule has 0 aliphatic carbocycles. The van der Waals surface area contributed by atoms with Gasteiger partial charge in [0.15, 0.2) is 5.58 Å². The number of esters is 1. The molecule has 19 heavy (non-hydrogen) atoms. The van der Waals surface area contributed by atoms with E-state index in [4.69, 9.17) is 9.15 Å². The van der Waals surface area contributed by atoms with E-state index in [1.807, 2.05) is 24.3 Å². The summed E-state index contributed by atoms with van der Waals surface area (Å²) in [4.78, 5) is 16.8. The van der Waals surface area contributed by atoms with E-state index in [0.717, 1.165) is 18.9 Å². The van der Waals surface area contributed by atoms with E-state index in [2.05, 4.69) is 27.6 Å². The minimum absolute atomic E-state index is 0.344. The van der Waals surface area contributed by atoms with Crippen molar-refractivity contribution >= 4 is 51.0 Å². The largest absolute Gasteiger partial charge is 0.465 e. The van der Waals surface area contributed by atoms with Gasteiger partial charge in [-0.25, -0.2) is 9.78 Å². The Kier molecular flexibility index (Phi) is 3.28. The predicted molar refractivity (Wildman–Crippen MR) is 81.4 cm³/mol. The summed E-state index contributed by atoms with van der Waals surface area (Å²) in [7, 11) is 1.37. The van der Waals surface area contributed by atoms with Gasteiger partial charge >= 0.3 is 5.97 Å². The number of benzene rings is 1. The molecule has 6 heteroatoms. The zero-order chi connectivity index (χ0) is 13.4. The monoisotopic (exact) mass is 385 g/mol. The number of fused-ring (bicyclic) bond motifs is 1. The lowest BCUT2D eigenvalue weighted by molar-refractivity contribution is 0.0600. The molecule has 4 nitrogen and oxygen atoms in total. The van der Waals surface area contributed by atoms with Crippen molar-refractivity contribution in [3.05, 3.63) is 38.8 Å². The first-order chi connectivity index (χ1) is 9.19. The van der Waals surface area contributed by atoms with Gasteiger partial charge in [-0.1, -0.05) is 12.1 Å². The van der Waals surface area contributed by atoms with Crippen LogP contribution in [-0.4, -0.2) is 18.1 Å². The molecule has 0 spiro atoms. The smallest absolute Gasteiger partial charge is 0.339 e. The van der Waals surface area contributed by atoms with Crippen molar-refractivity contribution in [2.75, 3.05) is 7.11 Å². The first-order valence-corrected chi connectivity index (χ1v) is 7.32. The third-order valence-corrected chi connectivity index (χ3v) is 4.75. The number of rotatable bonds is 2. The Hall–Kier alpha value is -1.41. The van der Waals surface area contributed by atoms with Crippen LogP contribution >= 0.6 is 33.9 Å². The van der Waals surface area contributed by atoms with E-state index < -0.39 is 0 Å². The number of para-hydroxylation sites is 2. The summed E-state index contributed by atoms with van der Waals surface area (Å²) < 4.78 is 11.3. The number of halogens is 1. The maximum atomic E-state index is 11.6. The lowest BCUT2D eigenvalue weighted by Crippen LogP contribution is -2.00. The number of aromatic nitrogens is 1. The van der Waals surface area contributed by atoms with Crippen molar-refractivity contribution in [1.29, 1.82) is 0 Å². The highest BCUT2D eigenvalue weighted by atomic mass is 127. The molecule has 3 rings (SSSR count). The van der Waals surface area contributed by atoms with Crippen molar-refractivity contribution < 1.29 is 13.9 Å². The summed E-state index contributed by atoms with van der Waals surface area (Å²) in [5, 5.41) is 0. The quantitative estimate of drug-likeness (QED) is 0.495. The summed E-state index contributed by atoms with van der Waals surface area (Å²) in [6.45, 7) is 0. The summed E-state index contributed by atoms with van der Waals surface area (Å²) in [5.74, 6) is 0.183. The van der Waals surface area contributed by atoms with Crippen LogP contribution in [0.2, 0.25) is 0 Å². The third kappa shape index (κ3) is 2.25. The van der Waals surface area contributed by atoms with Crippen molar-refractivity contribution in [3.8, 4) is 10.8 Å². The molecule has 0 atom stereocenters. The van der Waals surface area contributed by atoms with Gasteiger partial charge in [0.25, 0.3) is 0 Å². The Bertz CT molecular complexity index is 729. The van der Waals surface area contributed by atoms with Crippen molar-refractivity contribution in [2.45, 2.75) is 0 Å². The fourth-order valence-electron chi connectivity index (χ4n) is 1.70. The van der Waals surface area contributed by atoms with Crippen LogP contribution in [-0.2, 0) is 4.74 Å². The molecule has 0 fully saturated rings. The highest BCUT2D eigenvalue weighted by Gasteiger charge is 2.18. The molecule has 0 N–H and O–H groups in total. The molecule has 0 radical (unpaired) electrons. The molecule has 2 aromatic heterocycles. The summed E-state index contributed by atoms with van der Waals surface area (Å²) in [5.41, 5.74) is 2.09. The minimum atomic E-state index is -0.344. The number of hydrogen-bond acceptors (Lipinski definition) is 5.